The summed E-state index contributed by atoms with van der Waals surface area (Å²) in [5.74, 6) is 1.15. The molecule has 0 bridgehead atoms. The Bertz CT molecular complexity index is 523. The predicted octanol–water partition coefficient (Wildman–Crippen LogP) is 5.35. The van der Waals surface area contributed by atoms with Crippen molar-refractivity contribution >= 4 is 30.2 Å². The Kier molecular flexibility index (Phi) is 8.24. The predicted molar refractivity (Wildman–Crippen MR) is 95.6 cm³/mol. The summed E-state index contributed by atoms with van der Waals surface area (Å²) in [4.78, 5) is 12.9. The molecule has 0 aliphatic carbocycles. The van der Waals surface area contributed by atoms with Crippen LogP contribution in [0.5, 0.6) is 0 Å². The minimum absolute atomic E-state index is 0.264. The van der Waals surface area contributed by atoms with Gasteiger partial charge in [-0.3, -0.25) is 4.79 Å². The first kappa shape index (κ1) is 17.9. The summed E-state index contributed by atoms with van der Waals surface area (Å²) in [6, 6.07) is 16.4. The second-order valence-electron chi connectivity index (χ2n) is 4.95. The van der Waals surface area contributed by atoms with E-state index in [1.165, 1.54) is 16.0 Å². The van der Waals surface area contributed by atoms with Crippen LogP contribution in [-0.4, -0.2) is 11.5 Å². The second-order valence-corrected chi connectivity index (χ2v) is 6.63. The summed E-state index contributed by atoms with van der Waals surface area (Å²) in [7, 11) is 0. The fourth-order valence-corrected chi connectivity index (χ4v) is 2.59. The molecule has 0 heterocycles. The highest BCUT2D eigenvalue weighted by Crippen LogP contribution is 2.18. The fraction of sp³-hybridized carbons (Fsp3) is 0.278. The van der Waals surface area contributed by atoms with Crippen molar-refractivity contribution in [2.75, 3.05) is 5.75 Å². The summed E-state index contributed by atoms with van der Waals surface area (Å²) >= 11 is 5.87. The van der Waals surface area contributed by atoms with Gasteiger partial charge in [0.05, 0.1) is 0 Å². The normalized spacial score (nSPS) is 9.71. The third kappa shape index (κ3) is 8.64. The molecule has 21 heavy (non-hydrogen) atoms. The lowest BCUT2D eigenvalue weighted by Crippen LogP contribution is -1.91. The maximum absolute atomic E-state index is 10.7. The van der Waals surface area contributed by atoms with Crippen LogP contribution in [-0.2, 0) is 4.79 Å². The molecule has 3 heteroatoms. The Balaban J connectivity index is 0.000000235. The summed E-state index contributed by atoms with van der Waals surface area (Å²) in [6.07, 6.45) is 0.665. The van der Waals surface area contributed by atoms with E-state index < -0.39 is 0 Å². The van der Waals surface area contributed by atoms with Gasteiger partial charge >= 0.3 is 0 Å². The van der Waals surface area contributed by atoms with Gasteiger partial charge in [-0.05, 0) is 45.0 Å². The minimum atomic E-state index is 0.264. The molecule has 2 aromatic carbocycles. The monoisotopic (exact) mass is 318 g/mol. The van der Waals surface area contributed by atoms with Gasteiger partial charge in [0, 0.05) is 22.0 Å². The highest BCUT2D eigenvalue weighted by Gasteiger charge is 1.95. The van der Waals surface area contributed by atoms with Gasteiger partial charge in [-0.2, -0.15) is 0 Å². The van der Waals surface area contributed by atoms with E-state index in [2.05, 4.69) is 50.7 Å². The van der Waals surface area contributed by atoms with Crippen LogP contribution in [0.3, 0.4) is 0 Å². The Morgan fingerprint density at radius 1 is 0.952 bits per heavy atom. The molecule has 2 aromatic rings. The van der Waals surface area contributed by atoms with Crippen LogP contribution in [0.4, 0.5) is 0 Å². The third-order valence-corrected chi connectivity index (χ3v) is 4.09. The molecule has 0 aliphatic rings. The molecule has 112 valence electrons. The number of hydrogen-bond acceptors (Lipinski definition) is 3. The zero-order valence-electron chi connectivity index (χ0n) is 12.8. The summed E-state index contributed by atoms with van der Waals surface area (Å²) in [5.41, 5.74) is 2.55. The average Bonchev–Trinajstić information content (AvgIpc) is 2.45. The average molecular weight is 319 g/mol. The number of ketones is 1. The second kappa shape index (κ2) is 9.69. The molecule has 0 N–H and O–H groups in total. The van der Waals surface area contributed by atoms with Gasteiger partial charge < -0.3 is 0 Å². The Hall–Kier alpha value is -1.19. The van der Waals surface area contributed by atoms with Gasteiger partial charge in [0.1, 0.15) is 5.78 Å². The van der Waals surface area contributed by atoms with Crippen molar-refractivity contribution in [2.45, 2.75) is 37.0 Å². The lowest BCUT2D eigenvalue weighted by molar-refractivity contribution is -0.116. The maximum atomic E-state index is 10.7. The molecule has 0 fully saturated rings. The molecule has 0 aromatic heterocycles. The molecule has 2 rings (SSSR count). The largest absolute Gasteiger partial charge is 0.300 e. The SMILES string of the molecule is CC(=O)CCSc1ccc(C)cc1.Cc1ccc(S)cc1. The molecule has 0 saturated heterocycles. The van der Waals surface area contributed by atoms with Crippen molar-refractivity contribution in [1.82, 2.24) is 0 Å². The minimum Gasteiger partial charge on any atom is -0.300 e. The number of aryl methyl sites for hydroxylation is 2. The Labute approximate surface area is 137 Å². The first-order chi connectivity index (χ1) is 9.97. The van der Waals surface area contributed by atoms with Gasteiger partial charge in [-0.25, -0.2) is 0 Å². The van der Waals surface area contributed by atoms with Gasteiger partial charge in [-0.1, -0.05) is 35.4 Å². The molecule has 0 saturated carbocycles. The van der Waals surface area contributed by atoms with Crippen LogP contribution in [0.25, 0.3) is 0 Å². The molecule has 0 radical (unpaired) electrons. The number of hydrogen-bond donors (Lipinski definition) is 1. The van der Waals surface area contributed by atoms with Crippen LogP contribution >= 0.6 is 24.4 Å². The highest BCUT2D eigenvalue weighted by atomic mass is 32.2. The van der Waals surface area contributed by atoms with E-state index >= 15 is 0 Å². The van der Waals surface area contributed by atoms with Crippen molar-refractivity contribution in [2.24, 2.45) is 0 Å². The molecule has 0 amide bonds. The molecule has 0 atom stereocenters. The van der Waals surface area contributed by atoms with Crippen LogP contribution in [0.2, 0.25) is 0 Å². The lowest BCUT2D eigenvalue weighted by atomic mass is 10.2. The number of benzene rings is 2. The van der Waals surface area contributed by atoms with Crippen LogP contribution < -0.4 is 0 Å². The Morgan fingerprint density at radius 2 is 1.43 bits per heavy atom. The van der Waals surface area contributed by atoms with E-state index in [-0.39, 0.29) is 5.78 Å². The maximum Gasteiger partial charge on any atom is 0.130 e. The van der Waals surface area contributed by atoms with E-state index in [0.717, 1.165) is 10.6 Å². The molecule has 0 aliphatic heterocycles. The number of thioether (sulfide) groups is 1. The molecule has 0 unspecified atom stereocenters. The smallest absolute Gasteiger partial charge is 0.130 e. The Morgan fingerprint density at radius 3 is 1.86 bits per heavy atom. The van der Waals surface area contributed by atoms with Crippen LogP contribution in [0.15, 0.2) is 58.3 Å². The van der Waals surface area contributed by atoms with Gasteiger partial charge in [0.25, 0.3) is 0 Å². The molecule has 0 spiro atoms. The number of Topliss-reactive ketones (excluding diaryl/α,β-unsaturated/α-hetero) is 1. The molecule has 1 nitrogen and oxygen atoms in total. The van der Waals surface area contributed by atoms with E-state index in [4.69, 9.17) is 0 Å². The van der Waals surface area contributed by atoms with Crippen molar-refractivity contribution < 1.29 is 4.79 Å². The van der Waals surface area contributed by atoms with Crippen molar-refractivity contribution in [3.63, 3.8) is 0 Å². The number of rotatable bonds is 4. The first-order valence-electron chi connectivity index (χ1n) is 6.92. The topological polar surface area (TPSA) is 17.1 Å². The number of thiol groups is 1. The molecular formula is C18H22OS2. The summed E-state index contributed by atoms with van der Waals surface area (Å²) in [6.45, 7) is 5.77. The standard InChI is InChI=1S/C11H14OS.C7H8S/c1-9-3-5-11(6-4-9)13-8-7-10(2)12;1-6-2-4-7(8)5-3-6/h3-6H,7-8H2,1-2H3;2-5,8H,1H3. The van der Waals surface area contributed by atoms with Gasteiger partial charge in [-0.15, -0.1) is 24.4 Å². The zero-order chi connectivity index (χ0) is 15.7. The van der Waals surface area contributed by atoms with Crippen molar-refractivity contribution in [3.8, 4) is 0 Å². The van der Waals surface area contributed by atoms with E-state index in [1.54, 1.807) is 18.7 Å². The number of carbonyl (C=O) groups excluding carboxylic acids is 1. The number of carbonyl (C=O) groups is 1. The third-order valence-electron chi connectivity index (χ3n) is 2.78. The quantitative estimate of drug-likeness (QED) is 0.604. The highest BCUT2D eigenvalue weighted by molar-refractivity contribution is 7.99. The van der Waals surface area contributed by atoms with Gasteiger partial charge in [0.2, 0.25) is 0 Å². The van der Waals surface area contributed by atoms with E-state index in [9.17, 15) is 4.79 Å². The zero-order valence-corrected chi connectivity index (χ0v) is 14.5. The fourth-order valence-electron chi connectivity index (χ4n) is 1.49. The van der Waals surface area contributed by atoms with Crippen LogP contribution in [0, 0.1) is 13.8 Å². The summed E-state index contributed by atoms with van der Waals surface area (Å²) in [5, 5.41) is 0. The lowest BCUT2D eigenvalue weighted by Gasteiger charge is -1.99. The van der Waals surface area contributed by atoms with Gasteiger partial charge in [0.15, 0.2) is 0 Å². The summed E-state index contributed by atoms with van der Waals surface area (Å²) < 4.78 is 0. The van der Waals surface area contributed by atoms with Crippen molar-refractivity contribution in [1.29, 1.82) is 0 Å². The first-order valence-corrected chi connectivity index (χ1v) is 8.35. The van der Waals surface area contributed by atoms with E-state index in [0.29, 0.717) is 6.42 Å². The van der Waals surface area contributed by atoms with Crippen molar-refractivity contribution in [3.05, 3.63) is 59.7 Å². The van der Waals surface area contributed by atoms with E-state index in [1.807, 2.05) is 24.3 Å². The van der Waals surface area contributed by atoms with Crippen LogP contribution in [0.1, 0.15) is 24.5 Å². The molecular weight excluding hydrogens is 296 g/mol.